The van der Waals surface area contributed by atoms with E-state index in [2.05, 4.69) is 10.6 Å². The van der Waals surface area contributed by atoms with E-state index in [1.165, 1.54) is 11.1 Å². The fourth-order valence-corrected chi connectivity index (χ4v) is 3.11. The second-order valence-electron chi connectivity index (χ2n) is 5.09. The second-order valence-corrected chi connectivity index (χ2v) is 5.53. The zero-order chi connectivity index (χ0) is 12.5. The Morgan fingerprint density at radius 1 is 1.39 bits per heavy atom. The van der Waals surface area contributed by atoms with E-state index in [0.717, 1.165) is 37.3 Å². The van der Waals surface area contributed by atoms with Crippen molar-refractivity contribution in [1.29, 1.82) is 0 Å². The molecule has 1 aromatic rings. The normalized spacial score (nSPS) is 26.1. The number of amides is 1. The van der Waals surface area contributed by atoms with E-state index in [4.69, 9.17) is 11.6 Å². The maximum absolute atomic E-state index is 12.1. The highest BCUT2D eigenvalue weighted by Gasteiger charge is 2.28. The third-order valence-corrected chi connectivity index (χ3v) is 4.11. The molecule has 1 aliphatic carbocycles. The molecule has 18 heavy (non-hydrogen) atoms. The van der Waals surface area contributed by atoms with Gasteiger partial charge in [-0.25, -0.2) is 0 Å². The summed E-state index contributed by atoms with van der Waals surface area (Å²) in [5, 5.41) is 7.16. The van der Waals surface area contributed by atoms with E-state index in [1.807, 2.05) is 18.2 Å². The molecular weight excluding hydrogens is 248 g/mol. The number of hydrogen-bond donors (Lipinski definition) is 2. The van der Waals surface area contributed by atoms with Crippen LogP contribution in [-0.4, -0.2) is 18.5 Å². The molecule has 2 aliphatic rings. The number of hydrogen-bond acceptors (Lipinski definition) is 2. The van der Waals surface area contributed by atoms with Crippen LogP contribution in [0.15, 0.2) is 18.2 Å². The van der Waals surface area contributed by atoms with Crippen LogP contribution < -0.4 is 10.6 Å². The van der Waals surface area contributed by atoms with Gasteiger partial charge in [-0.2, -0.15) is 0 Å². The van der Waals surface area contributed by atoms with Crippen molar-refractivity contribution >= 4 is 17.5 Å². The summed E-state index contributed by atoms with van der Waals surface area (Å²) in [6, 6.07) is 6.11. The number of halogens is 1. The Bertz CT molecular complexity index is 469. The second kappa shape index (κ2) is 4.90. The lowest BCUT2D eigenvalue weighted by atomic mass is 10.1. The van der Waals surface area contributed by atoms with Crippen molar-refractivity contribution in [3.8, 4) is 0 Å². The molecule has 0 spiro atoms. The fourth-order valence-electron chi connectivity index (χ4n) is 2.92. The van der Waals surface area contributed by atoms with Gasteiger partial charge in [0.2, 0.25) is 5.91 Å². The zero-order valence-electron chi connectivity index (χ0n) is 10.2. The van der Waals surface area contributed by atoms with E-state index < -0.39 is 0 Å². The molecule has 4 heteroatoms. The molecule has 96 valence electrons. The molecule has 0 aromatic heterocycles. The summed E-state index contributed by atoms with van der Waals surface area (Å²) in [7, 11) is 0. The van der Waals surface area contributed by atoms with Crippen LogP contribution in [0.2, 0.25) is 5.02 Å². The molecule has 3 rings (SSSR count). The summed E-state index contributed by atoms with van der Waals surface area (Å²) < 4.78 is 0. The topological polar surface area (TPSA) is 41.1 Å². The number of carbonyl (C=O) groups excluding carboxylic acids is 1. The smallest absolute Gasteiger partial charge is 0.237 e. The Morgan fingerprint density at radius 3 is 3.06 bits per heavy atom. The van der Waals surface area contributed by atoms with E-state index >= 15 is 0 Å². The quantitative estimate of drug-likeness (QED) is 0.860. The molecule has 1 saturated heterocycles. The summed E-state index contributed by atoms with van der Waals surface area (Å²) in [5.74, 6) is 0.139. The standard InChI is InChI=1S/C14H17ClN2O/c15-10-4-5-11-9(8-10)3-6-12(11)17-14(18)13-2-1-7-16-13/h4-5,8,12-13,16H,1-3,6-7H2,(H,17,18). The number of rotatable bonds is 2. The molecule has 0 saturated carbocycles. The lowest BCUT2D eigenvalue weighted by Crippen LogP contribution is -2.41. The molecule has 2 N–H and O–H groups in total. The number of aryl methyl sites for hydroxylation is 1. The lowest BCUT2D eigenvalue weighted by Gasteiger charge is -2.17. The van der Waals surface area contributed by atoms with Crippen LogP contribution >= 0.6 is 11.6 Å². The van der Waals surface area contributed by atoms with Gasteiger partial charge < -0.3 is 10.6 Å². The fraction of sp³-hybridized carbons (Fsp3) is 0.500. The summed E-state index contributed by atoms with van der Waals surface area (Å²) in [6.07, 6.45) is 4.02. The minimum Gasteiger partial charge on any atom is -0.348 e. The number of nitrogens with one attached hydrogen (secondary N) is 2. The van der Waals surface area contributed by atoms with Gasteiger partial charge in [-0.1, -0.05) is 17.7 Å². The van der Waals surface area contributed by atoms with Crippen LogP contribution in [0.1, 0.15) is 36.4 Å². The molecule has 0 radical (unpaired) electrons. The molecule has 1 heterocycles. The molecule has 2 unspecified atom stereocenters. The maximum atomic E-state index is 12.1. The van der Waals surface area contributed by atoms with Crippen molar-refractivity contribution in [2.75, 3.05) is 6.54 Å². The largest absolute Gasteiger partial charge is 0.348 e. The van der Waals surface area contributed by atoms with E-state index in [0.29, 0.717) is 0 Å². The van der Waals surface area contributed by atoms with Crippen molar-refractivity contribution in [3.05, 3.63) is 34.3 Å². The third kappa shape index (κ3) is 2.25. The van der Waals surface area contributed by atoms with Crippen LogP contribution in [0.5, 0.6) is 0 Å². The van der Waals surface area contributed by atoms with Gasteiger partial charge in [0.25, 0.3) is 0 Å². The van der Waals surface area contributed by atoms with Crippen LogP contribution in [0.25, 0.3) is 0 Å². The van der Waals surface area contributed by atoms with Crippen LogP contribution in [0.4, 0.5) is 0 Å². The van der Waals surface area contributed by atoms with Gasteiger partial charge in [-0.15, -0.1) is 0 Å². The summed E-state index contributed by atoms with van der Waals surface area (Å²) in [6.45, 7) is 0.953. The summed E-state index contributed by atoms with van der Waals surface area (Å²) >= 11 is 5.98. The molecule has 0 bridgehead atoms. The molecule has 3 nitrogen and oxygen atoms in total. The first kappa shape index (κ1) is 12.0. The van der Waals surface area contributed by atoms with Crippen molar-refractivity contribution in [2.45, 2.75) is 37.8 Å². The monoisotopic (exact) mass is 264 g/mol. The molecule has 1 fully saturated rings. The van der Waals surface area contributed by atoms with Crippen molar-refractivity contribution in [2.24, 2.45) is 0 Å². The van der Waals surface area contributed by atoms with Crippen molar-refractivity contribution in [1.82, 2.24) is 10.6 Å². The average molecular weight is 265 g/mol. The minimum atomic E-state index is 0.00125. The van der Waals surface area contributed by atoms with Gasteiger partial charge in [-0.3, -0.25) is 4.79 Å². The molecule has 1 amide bonds. The van der Waals surface area contributed by atoms with Crippen molar-refractivity contribution in [3.63, 3.8) is 0 Å². The van der Waals surface area contributed by atoms with Gasteiger partial charge >= 0.3 is 0 Å². The summed E-state index contributed by atoms with van der Waals surface area (Å²) in [4.78, 5) is 12.1. The van der Waals surface area contributed by atoms with Gasteiger partial charge in [0.1, 0.15) is 0 Å². The Labute approximate surface area is 112 Å². The Kier molecular flexibility index (Phi) is 3.27. The van der Waals surface area contributed by atoms with E-state index in [9.17, 15) is 4.79 Å². The van der Waals surface area contributed by atoms with Crippen LogP contribution in [0, 0.1) is 0 Å². The highest BCUT2D eigenvalue weighted by atomic mass is 35.5. The average Bonchev–Trinajstić information content (AvgIpc) is 2.98. The first-order valence-electron chi connectivity index (χ1n) is 6.56. The molecule has 2 atom stereocenters. The number of carbonyl (C=O) groups is 1. The van der Waals surface area contributed by atoms with Gasteiger partial charge in [0.05, 0.1) is 12.1 Å². The highest BCUT2D eigenvalue weighted by molar-refractivity contribution is 6.30. The maximum Gasteiger partial charge on any atom is 0.237 e. The third-order valence-electron chi connectivity index (χ3n) is 3.88. The van der Waals surface area contributed by atoms with E-state index in [-0.39, 0.29) is 18.0 Å². The van der Waals surface area contributed by atoms with Gasteiger partial charge in [0, 0.05) is 5.02 Å². The van der Waals surface area contributed by atoms with Crippen molar-refractivity contribution < 1.29 is 4.79 Å². The Morgan fingerprint density at radius 2 is 2.28 bits per heavy atom. The van der Waals surface area contributed by atoms with Crippen LogP contribution in [-0.2, 0) is 11.2 Å². The molecule has 1 aliphatic heterocycles. The van der Waals surface area contributed by atoms with Crippen LogP contribution in [0.3, 0.4) is 0 Å². The highest BCUT2D eigenvalue weighted by Crippen LogP contribution is 2.32. The Hall–Kier alpha value is -1.06. The molecular formula is C14H17ClN2O. The lowest BCUT2D eigenvalue weighted by molar-refractivity contribution is -0.123. The predicted molar refractivity (Wildman–Crippen MR) is 71.7 cm³/mol. The molecule has 1 aromatic carbocycles. The van der Waals surface area contributed by atoms with E-state index in [1.54, 1.807) is 0 Å². The predicted octanol–water partition coefficient (Wildman–Crippen LogP) is 2.20. The van der Waals surface area contributed by atoms with Gasteiger partial charge in [0.15, 0.2) is 0 Å². The Balaban J connectivity index is 1.70. The first-order chi connectivity index (χ1) is 8.74. The summed E-state index contributed by atoms with van der Waals surface area (Å²) in [5.41, 5.74) is 2.50. The number of benzene rings is 1. The number of fused-ring (bicyclic) bond motifs is 1. The first-order valence-corrected chi connectivity index (χ1v) is 6.94. The van der Waals surface area contributed by atoms with Gasteiger partial charge in [-0.05, 0) is 55.5 Å². The zero-order valence-corrected chi connectivity index (χ0v) is 11.0. The SMILES string of the molecule is O=C(NC1CCc2cc(Cl)ccc21)C1CCCN1. The minimum absolute atomic E-state index is 0.00125.